The molecule has 102 valence electrons. The van der Waals surface area contributed by atoms with Gasteiger partial charge in [-0.05, 0) is 25.7 Å². The van der Waals surface area contributed by atoms with E-state index in [1.807, 2.05) is 0 Å². The summed E-state index contributed by atoms with van der Waals surface area (Å²) in [6, 6.07) is 2.21. The summed E-state index contributed by atoms with van der Waals surface area (Å²) in [5.74, 6) is 0.574. The monoisotopic (exact) mass is 287 g/mol. The zero-order chi connectivity index (χ0) is 13.9. The van der Waals surface area contributed by atoms with E-state index in [1.54, 1.807) is 5.38 Å². The summed E-state index contributed by atoms with van der Waals surface area (Å²) in [5.41, 5.74) is 9.17. The fraction of sp³-hybridized carbons (Fsp3) is 0.385. The highest BCUT2D eigenvalue weighted by Crippen LogP contribution is 2.39. The van der Waals surface area contributed by atoms with Gasteiger partial charge in [-0.2, -0.15) is 5.26 Å². The Balaban J connectivity index is 2.05. The van der Waals surface area contributed by atoms with Gasteiger partial charge in [0.05, 0.1) is 10.4 Å². The summed E-state index contributed by atoms with van der Waals surface area (Å²) in [4.78, 5) is 12.6. The number of nitrogen functional groups attached to an aromatic ring is 1. The van der Waals surface area contributed by atoms with Crippen LogP contribution in [0.1, 0.15) is 31.2 Å². The van der Waals surface area contributed by atoms with Gasteiger partial charge in [0, 0.05) is 10.8 Å². The first-order valence-electron chi connectivity index (χ1n) is 6.57. The predicted molar refractivity (Wildman–Crippen MR) is 79.4 cm³/mol. The van der Waals surface area contributed by atoms with Crippen molar-refractivity contribution in [2.75, 3.05) is 16.5 Å². The van der Waals surface area contributed by atoms with Crippen LogP contribution < -0.4 is 22.0 Å². The van der Waals surface area contributed by atoms with Crippen molar-refractivity contribution in [3.05, 3.63) is 21.3 Å². The number of hydrogen-bond acceptors (Lipinski definition) is 6. The first kappa shape index (κ1) is 11.6. The number of anilines is 2. The lowest BCUT2D eigenvalue weighted by Gasteiger charge is -2.23. The molecule has 1 spiro atoms. The number of nitriles is 1. The lowest BCUT2D eigenvalue weighted by atomic mass is 10.1. The normalized spacial score (nSPS) is 18.8. The van der Waals surface area contributed by atoms with Crippen LogP contribution in [-0.4, -0.2) is 10.3 Å². The molecule has 4 rings (SSSR count). The maximum atomic E-state index is 12.6. The quantitative estimate of drug-likeness (QED) is 0.686. The number of nitrogens with one attached hydrogen (secondary N) is 2. The van der Waals surface area contributed by atoms with E-state index in [0.29, 0.717) is 27.2 Å². The number of nitrogens with zero attached hydrogens (tertiary/aromatic N) is 2. The molecule has 6 nitrogen and oxygen atoms in total. The van der Waals surface area contributed by atoms with Crippen LogP contribution in [0, 0.1) is 11.3 Å². The Morgan fingerprint density at radius 1 is 1.45 bits per heavy atom. The third-order valence-corrected chi connectivity index (χ3v) is 5.03. The Kier molecular flexibility index (Phi) is 2.13. The molecule has 20 heavy (non-hydrogen) atoms. The van der Waals surface area contributed by atoms with E-state index in [4.69, 9.17) is 5.73 Å². The lowest BCUT2D eigenvalue weighted by molar-refractivity contribution is 0.530. The van der Waals surface area contributed by atoms with Gasteiger partial charge in [-0.25, -0.2) is 4.68 Å². The Morgan fingerprint density at radius 2 is 2.20 bits per heavy atom. The van der Waals surface area contributed by atoms with Crippen LogP contribution in [-0.2, 0) is 0 Å². The second-order valence-corrected chi connectivity index (χ2v) is 6.30. The minimum atomic E-state index is -0.283. The molecule has 1 fully saturated rings. The van der Waals surface area contributed by atoms with Crippen molar-refractivity contribution in [2.45, 2.75) is 31.3 Å². The molecule has 7 heteroatoms. The number of rotatable bonds is 0. The topological polar surface area (TPSA) is 95.9 Å². The van der Waals surface area contributed by atoms with Crippen LogP contribution >= 0.6 is 11.3 Å². The number of pyridine rings is 1. The first-order valence-corrected chi connectivity index (χ1v) is 7.45. The molecule has 0 atom stereocenters. The molecule has 1 aliphatic carbocycles. The molecule has 0 unspecified atom stereocenters. The van der Waals surface area contributed by atoms with Crippen molar-refractivity contribution in [3.8, 4) is 6.07 Å². The van der Waals surface area contributed by atoms with Crippen molar-refractivity contribution in [1.29, 1.82) is 5.26 Å². The van der Waals surface area contributed by atoms with Crippen LogP contribution in [0.5, 0.6) is 0 Å². The van der Waals surface area contributed by atoms with E-state index in [0.717, 1.165) is 25.7 Å². The zero-order valence-corrected chi connectivity index (χ0v) is 11.5. The van der Waals surface area contributed by atoms with Crippen molar-refractivity contribution in [3.63, 3.8) is 0 Å². The van der Waals surface area contributed by atoms with Gasteiger partial charge in [0.15, 0.2) is 0 Å². The number of aromatic nitrogens is 1. The summed E-state index contributed by atoms with van der Waals surface area (Å²) in [6.07, 6.45) is 4.11. The SMILES string of the molecule is N#Cc1c2n(c(=O)c3c(N)scc13)NC1(CCCC1)N2. The number of nitrogens with two attached hydrogens (primary N) is 1. The molecular formula is C13H13N5OS. The van der Waals surface area contributed by atoms with E-state index < -0.39 is 0 Å². The van der Waals surface area contributed by atoms with Crippen LogP contribution in [0.15, 0.2) is 10.2 Å². The van der Waals surface area contributed by atoms with Gasteiger partial charge in [0.2, 0.25) is 0 Å². The molecule has 0 aromatic carbocycles. The van der Waals surface area contributed by atoms with E-state index in [9.17, 15) is 10.1 Å². The average molecular weight is 287 g/mol. The molecule has 2 aromatic heterocycles. The van der Waals surface area contributed by atoms with E-state index >= 15 is 0 Å². The fourth-order valence-corrected chi connectivity index (χ4v) is 4.05. The number of hydrogen-bond donors (Lipinski definition) is 3. The van der Waals surface area contributed by atoms with Crippen LogP contribution in [0.3, 0.4) is 0 Å². The lowest BCUT2D eigenvalue weighted by Crippen LogP contribution is -2.42. The maximum absolute atomic E-state index is 12.6. The molecule has 3 heterocycles. The third kappa shape index (κ3) is 1.29. The standard InChI is InChI=1S/C13H13N5OS/c14-5-7-8-6-20-10(15)9(8)12(19)18-11(7)16-13(17-18)3-1-2-4-13/h6,16-17H,1-4,15H2. The van der Waals surface area contributed by atoms with Crippen LogP contribution in [0.4, 0.5) is 10.8 Å². The molecule has 1 aliphatic heterocycles. The fourth-order valence-electron chi connectivity index (χ4n) is 3.25. The zero-order valence-electron chi connectivity index (χ0n) is 10.7. The molecule has 2 aliphatic rings. The molecule has 4 N–H and O–H groups in total. The summed E-state index contributed by atoms with van der Waals surface area (Å²) in [7, 11) is 0. The maximum Gasteiger partial charge on any atom is 0.281 e. The highest BCUT2D eigenvalue weighted by Gasteiger charge is 2.41. The molecule has 0 bridgehead atoms. The highest BCUT2D eigenvalue weighted by molar-refractivity contribution is 7.15. The van der Waals surface area contributed by atoms with Crippen molar-refractivity contribution in [2.24, 2.45) is 0 Å². The summed E-state index contributed by atoms with van der Waals surface area (Å²) < 4.78 is 1.47. The Morgan fingerprint density at radius 3 is 2.90 bits per heavy atom. The second-order valence-electron chi connectivity index (χ2n) is 5.39. The van der Waals surface area contributed by atoms with Gasteiger partial charge in [0.25, 0.3) is 5.56 Å². The molecule has 1 saturated carbocycles. The average Bonchev–Trinajstić information content (AvgIpc) is 3.12. The van der Waals surface area contributed by atoms with Crippen LogP contribution in [0.2, 0.25) is 0 Å². The highest BCUT2D eigenvalue weighted by atomic mass is 32.1. The van der Waals surface area contributed by atoms with Crippen molar-refractivity contribution in [1.82, 2.24) is 4.68 Å². The predicted octanol–water partition coefficient (Wildman–Crippen LogP) is 1.76. The number of fused-ring (bicyclic) bond motifs is 2. The van der Waals surface area contributed by atoms with E-state index in [-0.39, 0.29) is 11.2 Å². The van der Waals surface area contributed by atoms with E-state index in [1.165, 1.54) is 16.0 Å². The molecule has 0 radical (unpaired) electrons. The molecule has 2 aromatic rings. The van der Waals surface area contributed by atoms with Gasteiger partial charge in [-0.1, -0.05) is 0 Å². The van der Waals surface area contributed by atoms with Crippen molar-refractivity contribution >= 4 is 32.9 Å². The third-order valence-electron chi connectivity index (χ3n) is 4.22. The van der Waals surface area contributed by atoms with Crippen LogP contribution in [0.25, 0.3) is 10.8 Å². The Bertz CT molecular complexity index is 822. The van der Waals surface area contributed by atoms with Gasteiger partial charge >= 0.3 is 0 Å². The largest absolute Gasteiger partial charge is 0.390 e. The summed E-state index contributed by atoms with van der Waals surface area (Å²) >= 11 is 1.29. The summed E-state index contributed by atoms with van der Waals surface area (Å²) in [6.45, 7) is 0. The Labute approximate surface area is 118 Å². The second kappa shape index (κ2) is 3.67. The van der Waals surface area contributed by atoms with Crippen molar-refractivity contribution < 1.29 is 0 Å². The first-order chi connectivity index (χ1) is 9.65. The van der Waals surface area contributed by atoms with Gasteiger partial charge in [-0.15, -0.1) is 11.3 Å². The minimum absolute atomic E-state index is 0.177. The van der Waals surface area contributed by atoms with Gasteiger partial charge < -0.3 is 11.1 Å². The van der Waals surface area contributed by atoms with E-state index in [2.05, 4.69) is 16.8 Å². The summed E-state index contributed by atoms with van der Waals surface area (Å²) in [5, 5.41) is 16.2. The smallest absolute Gasteiger partial charge is 0.281 e. The minimum Gasteiger partial charge on any atom is -0.390 e. The van der Waals surface area contributed by atoms with Gasteiger partial charge in [-0.3, -0.25) is 10.2 Å². The molecule has 0 saturated heterocycles. The van der Waals surface area contributed by atoms with Gasteiger partial charge in [0.1, 0.15) is 23.1 Å². The Hall–Kier alpha value is -2.20. The number of thiophene rings is 1. The molecular weight excluding hydrogens is 274 g/mol. The molecule has 0 amide bonds.